The monoisotopic (exact) mass is 255 g/mol. The van der Waals surface area contributed by atoms with Crippen LogP contribution in [-0.4, -0.2) is 26.5 Å². The van der Waals surface area contributed by atoms with Gasteiger partial charge in [0.15, 0.2) is 0 Å². The molecular formula is C13H21NO2S. The molecule has 0 saturated heterocycles. The van der Waals surface area contributed by atoms with Crippen molar-refractivity contribution in [1.29, 1.82) is 0 Å². The fourth-order valence-electron chi connectivity index (χ4n) is 1.73. The molecule has 0 aromatic heterocycles. The van der Waals surface area contributed by atoms with E-state index < -0.39 is 9.84 Å². The van der Waals surface area contributed by atoms with Crippen molar-refractivity contribution in [2.75, 3.05) is 12.0 Å². The first-order valence-electron chi connectivity index (χ1n) is 5.86. The van der Waals surface area contributed by atoms with E-state index >= 15 is 0 Å². The van der Waals surface area contributed by atoms with E-state index in [-0.39, 0.29) is 11.8 Å². The molecule has 0 aliphatic rings. The van der Waals surface area contributed by atoms with Gasteiger partial charge in [-0.1, -0.05) is 29.8 Å². The molecule has 1 rings (SSSR count). The SMILES string of the molecule is Cc1cccc(CCC(N)CCS(C)(=O)=O)c1. The number of rotatable bonds is 6. The summed E-state index contributed by atoms with van der Waals surface area (Å²) in [6.45, 7) is 2.06. The van der Waals surface area contributed by atoms with Gasteiger partial charge in [0.05, 0.1) is 5.75 Å². The van der Waals surface area contributed by atoms with Gasteiger partial charge in [-0.05, 0) is 31.7 Å². The minimum absolute atomic E-state index is 0.0368. The van der Waals surface area contributed by atoms with Gasteiger partial charge >= 0.3 is 0 Å². The zero-order valence-electron chi connectivity index (χ0n) is 10.5. The van der Waals surface area contributed by atoms with E-state index in [1.54, 1.807) is 0 Å². The molecule has 0 aliphatic heterocycles. The largest absolute Gasteiger partial charge is 0.328 e. The molecule has 4 heteroatoms. The lowest BCUT2D eigenvalue weighted by molar-refractivity contribution is 0.571. The lowest BCUT2D eigenvalue weighted by Crippen LogP contribution is -2.24. The van der Waals surface area contributed by atoms with Crippen molar-refractivity contribution < 1.29 is 8.42 Å². The van der Waals surface area contributed by atoms with Crippen LogP contribution in [0.1, 0.15) is 24.0 Å². The van der Waals surface area contributed by atoms with Crippen molar-refractivity contribution in [3.8, 4) is 0 Å². The van der Waals surface area contributed by atoms with Gasteiger partial charge in [0, 0.05) is 12.3 Å². The highest BCUT2D eigenvalue weighted by atomic mass is 32.2. The zero-order chi connectivity index (χ0) is 12.9. The number of sulfone groups is 1. The van der Waals surface area contributed by atoms with Crippen LogP contribution in [-0.2, 0) is 16.3 Å². The molecule has 0 heterocycles. The third-order valence-electron chi connectivity index (χ3n) is 2.75. The topological polar surface area (TPSA) is 60.2 Å². The fourth-order valence-corrected chi connectivity index (χ4v) is 2.46. The molecule has 0 spiro atoms. The van der Waals surface area contributed by atoms with Crippen molar-refractivity contribution in [2.24, 2.45) is 5.73 Å². The first-order valence-corrected chi connectivity index (χ1v) is 7.92. The number of hydrogen-bond acceptors (Lipinski definition) is 3. The van der Waals surface area contributed by atoms with Crippen molar-refractivity contribution >= 4 is 9.84 Å². The van der Waals surface area contributed by atoms with Crippen molar-refractivity contribution in [3.63, 3.8) is 0 Å². The van der Waals surface area contributed by atoms with E-state index in [0.29, 0.717) is 6.42 Å². The Hall–Kier alpha value is -0.870. The molecule has 0 saturated carbocycles. The second-order valence-electron chi connectivity index (χ2n) is 4.71. The second-order valence-corrected chi connectivity index (χ2v) is 6.97. The smallest absolute Gasteiger partial charge is 0.147 e. The molecule has 96 valence electrons. The number of nitrogens with two attached hydrogens (primary N) is 1. The predicted octanol–water partition coefficient (Wildman–Crippen LogP) is 1.69. The maximum atomic E-state index is 11.0. The van der Waals surface area contributed by atoms with Crippen LogP contribution in [0.5, 0.6) is 0 Å². The molecule has 0 amide bonds. The van der Waals surface area contributed by atoms with Crippen molar-refractivity contribution in [1.82, 2.24) is 0 Å². The van der Waals surface area contributed by atoms with Crippen LogP contribution in [0, 0.1) is 6.92 Å². The fraction of sp³-hybridized carbons (Fsp3) is 0.538. The van der Waals surface area contributed by atoms with E-state index in [2.05, 4.69) is 25.1 Å². The summed E-state index contributed by atoms with van der Waals surface area (Å²) in [4.78, 5) is 0. The van der Waals surface area contributed by atoms with Crippen LogP contribution in [0.4, 0.5) is 0 Å². The third-order valence-corrected chi connectivity index (χ3v) is 3.72. The standard InChI is InChI=1S/C13H21NO2S/c1-11-4-3-5-12(10-11)6-7-13(14)8-9-17(2,15)16/h3-5,10,13H,6-9,14H2,1-2H3. The predicted molar refractivity (Wildman–Crippen MR) is 71.8 cm³/mol. The van der Waals surface area contributed by atoms with Crippen LogP contribution in [0.2, 0.25) is 0 Å². The van der Waals surface area contributed by atoms with E-state index in [1.165, 1.54) is 17.4 Å². The summed E-state index contributed by atoms with van der Waals surface area (Å²) in [7, 11) is -2.89. The maximum Gasteiger partial charge on any atom is 0.147 e. The lowest BCUT2D eigenvalue weighted by atomic mass is 10.0. The highest BCUT2D eigenvalue weighted by molar-refractivity contribution is 7.90. The number of hydrogen-bond donors (Lipinski definition) is 1. The molecule has 0 aliphatic carbocycles. The summed E-state index contributed by atoms with van der Waals surface area (Å²) in [5.74, 6) is 0.183. The minimum atomic E-state index is -2.89. The van der Waals surface area contributed by atoms with Crippen LogP contribution in [0.15, 0.2) is 24.3 Å². The van der Waals surface area contributed by atoms with Gasteiger partial charge in [0.2, 0.25) is 0 Å². The normalized spacial score (nSPS) is 13.6. The van der Waals surface area contributed by atoms with Gasteiger partial charge in [-0.3, -0.25) is 0 Å². The average Bonchev–Trinajstić information content (AvgIpc) is 2.23. The van der Waals surface area contributed by atoms with Crippen LogP contribution < -0.4 is 5.73 Å². The molecule has 0 radical (unpaired) electrons. The lowest BCUT2D eigenvalue weighted by Gasteiger charge is -2.10. The van der Waals surface area contributed by atoms with Gasteiger partial charge in [0.25, 0.3) is 0 Å². The van der Waals surface area contributed by atoms with Gasteiger partial charge in [-0.2, -0.15) is 0 Å². The van der Waals surface area contributed by atoms with Crippen molar-refractivity contribution in [3.05, 3.63) is 35.4 Å². The Labute approximate surface area is 104 Å². The summed E-state index contributed by atoms with van der Waals surface area (Å²) in [5, 5.41) is 0. The third kappa shape index (κ3) is 6.44. The highest BCUT2D eigenvalue weighted by Gasteiger charge is 2.08. The molecule has 1 atom stereocenters. The molecule has 17 heavy (non-hydrogen) atoms. The molecule has 0 fully saturated rings. The van der Waals surface area contributed by atoms with E-state index in [1.807, 2.05) is 6.07 Å². The summed E-state index contributed by atoms with van der Waals surface area (Å²) >= 11 is 0. The summed E-state index contributed by atoms with van der Waals surface area (Å²) in [6.07, 6.45) is 3.54. The van der Waals surface area contributed by atoms with Crippen molar-refractivity contribution in [2.45, 2.75) is 32.2 Å². The van der Waals surface area contributed by atoms with E-state index in [0.717, 1.165) is 12.8 Å². The number of benzene rings is 1. The Morgan fingerprint density at radius 2 is 2.00 bits per heavy atom. The molecular weight excluding hydrogens is 234 g/mol. The first kappa shape index (κ1) is 14.2. The zero-order valence-corrected chi connectivity index (χ0v) is 11.3. The maximum absolute atomic E-state index is 11.0. The Morgan fingerprint density at radius 1 is 1.29 bits per heavy atom. The molecule has 0 bridgehead atoms. The van der Waals surface area contributed by atoms with Gasteiger partial charge < -0.3 is 5.73 Å². The summed E-state index contributed by atoms with van der Waals surface area (Å²) < 4.78 is 22.0. The second kappa shape index (κ2) is 6.17. The van der Waals surface area contributed by atoms with Gasteiger partial charge in [-0.25, -0.2) is 8.42 Å². The molecule has 1 unspecified atom stereocenters. The first-order chi connectivity index (χ1) is 7.87. The van der Waals surface area contributed by atoms with Gasteiger partial charge in [-0.15, -0.1) is 0 Å². The molecule has 1 aromatic carbocycles. The highest BCUT2D eigenvalue weighted by Crippen LogP contribution is 2.09. The molecule has 3 nitrogen and oxygen atoms in total. The summed E-state index contributed by atoms with van der Waals surface area (Å²) in [6, 6.07) is 8.28. The summed E-state index contributed by atoms with van der Waals surface area (Å²) in [5.41, 5.74) is 8.41. The van der Waals surface area contributed by atoms with Crippen LogP contribution in [0.3, 0.4) is 0 Å². The van der Waals surface area contributed by atoms with Crippen LogP contribution >= 0.6 is 0 Å². The quantitative estimate of drug-likeness (QED) is 0.841. The Morgan fingerprint density at radius 3 is 2.59 bits per heavy atom. The minimum Gasteiger partial charge on any atom is -0.328 e. The number of aryl methyl sites for hydroxylation is 2. The Kier molecular flexibility index (Phi) is 5.15. The average molecular weight is 255 g/mol. The van der Waals surface area contributed by atoms with E-state index in [4.69, 9.17) is 5.73 Å². The Bertz CT molecular complexity index is 454. The van der Waals surface area contributed by atoms with Crippen LogP contribution in [0.25, 0.3) is 0 Å². The van der Waals surface area contributed by atoms with Gasteiger partial charge in [0.1, 0.15) is 9.84 Å². The molecule has 2 N–H and O–H groups in total. The van der Waals surface area contributed by atoms with E-state index in [9.17, 15) is 8.42 Å². The Balaban J connectivity index is 2.36. The molecule has 1 aromatic rings.